The van der Waals surface area contributed by atoms with Gasteiger partial charge in [0.15, 0.2) is 0 Å². The number of halogens is 2. The Morgan fingerprint density at radius 1 is 1.09 bits per heavy atom. The zero-order valence-electron chi connectivity index (χ0n) is 12.6. The fourth-order valence-electron chi connectivity index (χ4n) is 2.00. The van der Waals surface area contributed by atoms with Crippen molar-refractivity contribution in [2.45, 2.75) is 13.5 Å². The Kier molecular flexibility index (Phi) is 5.71. The number of hydrogen-bond donors (Lipinski definition) is 1. The zero-order chi connectivity index (χ0) is 16.8. The Balaban J connectivity index is 1.98. The van der Waals surface area contributed by atoms with Crippen molar-refractivity contribution < 1.29 is 14.0 Å². The van der Waals surface area contributed by atoms with Crippen molar-refractivity contribution >= 4 is 29.1 Å². The van der Waals surface area contributed by atoms with Gasteiger partial charge in [-0.05, 0) is 42.0 Å². The molecule has 2 amide bonds. The van der Waals surface area contributed by atoms with Gasteiger partial charge in [0, 0.05) is 24.2 Å². The molecule has 6 heteroatoms. The van der Waals surface area contributed by atoms with Crippen LogP contribution >= 0.6 is 11.6 Å². The van der Waals surface area contributed by atoms with Crippen molar-refractivity contribution in [1.82, 2.24) is 4.90 Å². The first kappa shape index (κ1) is 17.0. The number of carbonyl (C=O) groups is 2. The fourth-order valence-corrected chi connectivity index (χ4v) is 2.12. The van der Waals surface area contributed by atoms with E-state index >= 15 is 0 Å². The maximum absolute atomic E-state index is 12.9. The molecule has 2 aromatic rings. The van der Waals surface area contributed by atoms with Crippen LogP contribution < -0.4 is 5.32 Å². The van der Waals surface area contributed by atoms with Gasteiger partial charge >= 0.3 is 0 Å². The summed E-state index contributed by atoms with van der Waals surface area (Å²) in [6.45, 7) is 1.54. The Morgan fingerprint density at radius 3 is 2.26 bits per heavy atom. The molecule has 0 fully saturated rings. The summed E-state index contributed by atoms with van der Waals surface area (Å²) in [6, 6.07) is 12.5. The van der Waals surface area contributed by atoms with Gasteiger partial charge in [0.1, 0.15) is 12.4 Å². The second kappa shape index (κ2) is 7.74. The Hall–Kier alpha value is -2.40. The average molecular weight is 335 g/mol. The van der Waals surface area contributed by atoms with Crippen LogP contribution in [-0.2, 0) is 16.1 Å². The van der Waals surface area contributed by atoms with Gasteiger partial charge in [0.25, 0.3) is 0 Å². The Labute approximate surface area is 138 Å². The first-order chi connectivity index (χ1) is 10.9. The lowest BCUT2D eigenvalue weighted by molar-refractivity contribution is -0.133. The van der Waals surface area contributed by atoms with Crippen molar-refractivity contribution in [3.63, 3.8) is 0 Å². The average Bonchev–Trinajstić information content (AvgIpc) is 2.51. The largest absolute Gasteiger partial charge is 0.329 e. The van der Waals surface area contributed by atoms with E-state index in [4.69, 9.17) is 11.6 Å². The molecule has 0 unspecified atom stereocenters. The monoisotopic (exact) mass is 334 g/mol. The van der Waals surface area contributed by atoms with Crippen LogP contribution in [0.5, 0.6) is 0 Å². The molecule has 0 atom stereocenters. The number of amides is 2. The van der Waals surface area contributed by atoms with Gasteiger partial charge in [-0.15, -0.1) is 0 Å². The molecule has 0 aliphatic rings. The predicted octanol–water partition coefficient (Wildman–Crippen LogP) is 3.47. The molecule has 120 valence electrons. The van der Waals surface area contributed by atoms with Crippen molar-refractivity contribution in [3.8, 4) is 0 Å². The van der Waals surface area contributed by atoms with Gasteiger partial charge in [0.05, 0.1) is 0 Å². The van der Waals surface area contributed by atoms with Crippen LogP contribution in [0.15, 0.2) is 48.5 Å². The number of nitrogens with zero attached hydrogens (tertiary/aromatic N) is 1. The minimum absolute atomic E-state index is 0.0880. The Bertz CT molecular complexity index is 687. The van der Waals surface area contributed by atoms with Crippen molar-refractivity contribution in [3.05, 3.63) is 64.9 Å². The highest BCUT2D eigenvalue weighted by atomic mass is 35.5. The smallest absolute Gasteiger partial charge is 0.244 e. The topological polar surface area (TPSA) is 49.4 Å². The molecule has 1 N–H and O–H groups in total. The molecular weight excluding hydrogens is 319 g/mol. The highest BCUT2D eigenvalue weighted by Gasteiger charge is 2.14. The molecule has 0 saturated heterocycles. The van der Waals surface area contributed by atoms with Crippen LogP contribution in [0, 0.1) is 5.82 Å². The number of benzene rings is 2. The maximum Gasteiger partial charge on any atom is 0.244 e. The van der Waals surface area contributed by atoms with E-state index in [1.54, 1.807) is 36.4 Å². The lowest BCUT2D eigenvalue weighted by atomic mass is 10.2. The highest BCUT2D eigenvalue weighted by molar-refractivity contribution is 6.30. The molecule has 0 aliphatic carbocycles. The van der Waals surface area contributed by atoms with E-state index in [0.717, 1.165) is 5.56 Å². The van der Waals surface area contributed by atoms with Crippen LogP contribution in [-0.4, -0.2) is 23.3 Å². The quantitative estimate of drug-likeness (QED) is 0.910. The van der Waals surface area contributed by atoms with Crippen LogP contribution in [0.2, 0.25) is 5.02 Å². The second-order valence-electron chi connectivity index (χ2n) is 5.06. The van der Waals surface area contributed by atoms with E-state index in [9.17, 15) is 14.0 Å². The van der Waals surface area contributed by atoms with Crippen molar-refractivity contribution in [1.29, 1.82) is 0 Å². The van der Waals surface area contributed by atoms with Crippen molar-refractivity contribution in [2.24, 2.45) is 0 Å². The van der Waals surface area contributed by atoms with Gasteiger partial charge in [-0.1, -0.05) is 23.7 Å². The molecule has 0 saturated carbocycles. The van der Waals surface area contributed by atoms with Crippen LogP contribution in [0.3, 0.4) is 0 Å². The number of nitrogens with one attached hydrogen (secondary N) is 1. The third-order valence-corrected chi connectivity index (χ3v) is 3.45. The standard InChI is InChI=1S/C17H16ClFN2O2/c1-12(22)21(10-13-2-6-15(19)7-3-13)11-17(23)20-16-8-4-14(18)5-9-16/h2-9H,10-11H2,1H3,(H,20,23). The molecule has 2 rings (SSSR count). The minimum atomic E-state index is -0.344. The molecule has 0 bridgehead atoms. The summed E-state index contributed by atoms with van der Waals surface area (Å²) in [7, 11) is 0. The normalized spacial score (nSPS) is 10.2. The lowest BCUT2D eigenvalue weighted by Crippen LogP contribution is -2.36. The van der Waals surface area contributed by atoms with Gasteiger partial charge in [-0.2, -0.15) is 0 Å². The molecule has 4 nitrogen and oxygen atoms in total. The molecular formula is C17H16ClFN2O2. The maximum atomic E-state index is 12.9. The second-order valence-corrected chi connectivity index (χ2v) is 5.49. The molecule has 0 aromatic heterocycles. The molecule has 0 aliphatic heterocycles. The summed E-state index contributed by atoms with van der Waals surface area (Å²) >= 11 is 5.78. The molecule has 0 radical (unpaired) electrons. The molecule has 0 heterocycles. The summed E-state index contributed by atoms with van der Waals surface area (Å²) in [6.07, 6.45) is 0. The lowest BCUT2D eigenvalue weighted by Gasteiger charge is -2.20. The highest BCUT2D eigenvalue weighted by Crippen LogP contribution is 2.13. The third-order valence-electron chi connectivity index (χ3n) is 3.19. The van der Waals surface area contributed by atoms with E-state index in [-0.39, 0.29) is 30.7 Å². The number of hydrogen-bond acceptors (Lipinski definition) is 2. The van der Waals surface area contributed by atoms with E-state index < -0.39 is 0 Å². The summed E-state index contributed by atoms with van der Waals surface area (Å²) in [5.41, 5.74) is 1.35. The van der Waals surface area contributed by atoms with Crippen LogP contribution in [0.25, 0.3) is 0 Å². The first-order valence-corrected chi connectivity index (χ1v) is 7.37. The fraction of sp³-hybridized carbons (Fsp3) is 0.176. The van der Waals surface area contributed by atoms with Gasteiger partial charge < -0.3 is 10.2 Å². The van der Waals surface area contributed by atoms with Gasteiger partial charge in [-0.3, -0.25) is 9.59 Å². The first-order valence-electron chi connectivity index (χ1n) is 6.99. The van der Waals surface area contributed by atoms with E-state index in [1.165, 1.54) is 24.0 Å². The third kappa shape index (κ3) is 5.38. The summed E-state index contributed by atoms with van der Waals surface area (Å²) < 4.78 is 12.9. The zero-order valence-corrected chi connectivity index (χ0v) is 13.3. The van der Waals surface area contributed by atoms with Gasteiger partial charge in [0.2, 0.25) is 11.8 Å². The Morgan fingerprint density at radius 2 is 1.70 bits per heavy atom. The summed E-state index contributed by atoms with van der Waals surface area (Å²) in [5, 5.41) is 3.27. The summed E-state index contributed by atoms with van der Waals surface area (Å²) in [5.74, 6) is -0.895. The SMILES string of the molecule is CC(=O)N(CC(=O)Nc1ccc(Cl)cc1)Cc1ccc(F)cc1. The minimum Gasteiger partial charge on any atom is -0.329 e. The number of carbonyl (C=O) groups excluding carboxylic acids is 2. The molecule has 2 aromatic carbocycles. The predicted molar refractivity (Wildman–Crippen MR) is 87.6 cm³/mol. The van der Waals surface area contributed by atoms with E-state index in [1.807, 2.05) is 0 Å². The number of anilines is 1. The van der Waals surface area contributed by atoms with Crippen LogP contribution in [0.4, 0.5) is 10.1 Å². The molecule has 0 spiro atoms. The van der Waals surface area contributed by atoms with E-state index in [2.05, 4.69) is 5.32 Å². The summed E-state index contributed by atoms with van der Waals surface area (Å²) in [4.78, 5) is 25.1. The number of rotatable bonds is 5. The van der Waals surface area contributed by atoms with E-state index in [0.29, 0.717) is 10.7 Å². The van der Waals surface area contributed by atoms with Gasteiger partial charge in [-0.25, -0.2) is 4.39 Å². The van der Waals surface area contributed by atoms with Crippen molar-refractivity contribution in [2.75, 3.05) is 11.9 Å². The molecule has 23 heavy (non-hydrogen) atoms. The van der Waals surface area contributed by atoms with Crippen LogP contribution in [0.1, 0.15) is 12.5 Å².